The van der Waals surface area contributed by atoms with Gasteiger partial charge >= 0.3 is 11.9 Å². The summed E-state index contributed by atoms with van der Waals surface area (Å²) < 4.78 is 77.5. The van der Waals surface area contributed by atoms with Gasteiger partial charge in [0.2, 0.25) is 0 Å². The zero-order chi connectivity index (χ0) is 42.6. The highest BCUT2D eigenvalue weighted by molar-refractivity contribution is 7.93. The Hall–Kier alpha value is -5.92. The fraction of sp³-hybridized carbons (Fsp3) is 0.200. The van der Waals surface area contributed by atoms with E-state index in [9.17, 15) is 26.4 Å². The quantitative estimate of drug-likeness (QED) is 0.114. The first-order valence-electron chi connectivity index (χ1n) is 18.1. The van der Waals surface area contributed by atoms with Gasteiger partial charge in [-0.2, -0.15) is 10.2 Å². The molecule has 0 bridgehead atoms. The van der Waals surface area contributed by atoms with Crippen LogP contribution in [-0.2, 0) is 58.5 Å². The number of nitrogens with zero attached hydrogens (tertiary/aromatic N) is 5. The number of carbonyl (C=O) groups is 2. The average molecular weight is 895 g/mol. The smallest absolute Gasteiger partial charge is 0.310 e. The summed E-state index contributed by atoms with van der Waals surface area (Å²) in [7, 11) is -5.70. The second-order valence-corrected chi connectivity index (χ2v) is 17.9. The maximum absolute atomic E-state index is 13.4. The van der Waals surface area contributed by atoms with Crippen LogP contribution in [0.1, 0.15) is 16.7 Å². The number of aromatic nitrogens is 4. The van der Waals surface area contributed by atoms with E-state index in [4.69, 9.17) is 37.4 Å². The summed E-state index contributed by atoms with van der Waals surface area (Å²) in [4.78, 5) is 26.6. The Morgan fingerprint density at radius 2 is 1.15 bits per heavy atom. The monoisotopic (exact) mass is 893 g/mol. The predicted molar refractivity (Wildman–Crippen MR) is 223 cm³/mol. The lowest BCUT2D eigenvalue weighted by Gasteiger charge is -2.39. The zero-order valence-corrected chi connectivity index (χ0v) is 35.1. The molecule has 1 aliphatic rings. The van der Waals surface area contributed by atoms with Gasteiger partial charge in [0, 0.05) is 29.7 Å². The van der Waals surface area contributed by atoms with Crippen LogP contribution in [0.25, 0.3) is 11.4 Å². The topological polar surface area (TPSA) is 193 Å². The standard InChI is InChI=1S/C40H37Cl2N7O9S2/c1-56-39(50)17-27-15-26(3-13-37(27)45-59(52,53)35-19-43-48(24-35)31-8-4-29(41)5-9-31)21-47-22-34(23-47)58-33-12-14-38(28(16-33)18-40(51)57-2)46-60(54,55)36-20-44-49(25-36)32-10-6-30(42)7-11-32/h3-16,19-20,24-25,34,45-46H,17-18,21-23H2,1-2H3. The summed E-state index contributed by atoms with van der Waals surface area (Å²) in [6.07, 6.45) is 4.56. The third-order valence-electron chi connectivity index (χ3n) is 9.41. The molecule has 1 saturated heterocycles. The summed E-state index contributed by atoms with van der Waals surface area (Å²) in [6, 6.07) is 23.3. The van der Waals surface area contributed by atoms with E-state index in [1.165, 1.54) is 54.4 Å². The molecule has 7 rings (SSSR count). The number of nitrogens with one attached hydrogen (secondary N) is 2. The number of benzene rings is 4. The molecule has 1 fully saturated rings. The Balaban J connectivity index is 0.996. The highest BCUT2D eigenvalue weighted by Gasteiger charge is 2.30. The minimum absolute atomic E-state index is 0.0792. The van der Waals surface area contributed by atoms with Crippen molar-refractivity contribution in [3.63, 3.8) is 0 Å². The van der Waals surface area contributed by atoms with Crippen LogP contribution in [0.2, 0.25) is 10.0 Å². The average Bonchev–Trinajstić information content (AvgIpc) is 3.92. The van der Waals surface area contributed by atoms with E-state index < -0.39 is 32.0 Å². The first-order chi connectivity index (χ1) is 28.7. The fourth-order valence-electron chi connectivity index (χ4n) is 6.28. The van der Waals surface area contributed by atoms with Gasteiger partial charge in [0.05, 0.1) is 74.6 Å². The molecule has 2 aromatic heterocycles. The number of likely N-dealkylation sites (tertiary alicyclic amines) is 1. The van der Waals surface area contributed by atoms with E-state index in [0.717, 1.165) is 5.56 Å². The van der Waals surface area contributed by atoms with E-state index in [1.807, 2.05) is 0 Å². The highest BCUT2D eigenvalue weighted by atomic mass is 35.5. The zero-order valence-electron chi connectivity index (χ0n) is 32.0. The molecule has 0 aliphatic carbocycles. The summed E-state index contributed by atoms with van der Waals surface area (Å²) in [5.74, 6) is -0.697. The summed E-state index contributed by atoms with van der Waals surface area (Å²) in [5.41, 5.74) is 3.20. The lowest BCUT2D eigenvalue weighted by atomic mass is 10.0. The number of rotatable bonds is 16. The van der Waals surface area contributed by atoms with Crippen molar-refractivity contribution < 1.29 is 40.6 Å². The molecule has 1 aliphatic heterocycles. The van der Waals surface area contributed by atoms with Crippen LogP contribution < -0.4 is 14.2 Å². The molecule has 4 aromatic carbocycles. The Morgan fingerprint density at radius 1 is 0.683 bits per heavy atom. The van der Waals surface area contributed by atoms with Crippen LogP contribution in [0.5, 0.6) is 5.75 Å². The fourth-order valence-corrected chi connectivity index (χ4v) is 8.59. The molecule has 6 aromatic rings. The second-order valence-electron chi connectivity index (χ2n) is 13.7. The minimum atomic E-state index is -4.11. The first kappa shape index (κ1) is 42.2. The number of hydrogen-bond acceptors (Lipinski definition) is 12. The van der Waals surface area contributed by atoms with Crippen molar-refractivity contribution >= 4 is 66.6 Å². The number of methoxy groups -OCH3 is 2. The largest absolute Gasteiger partial charge is 0.488 e. The molecular weight excluding hydrogens is 858 g/mol. The van der Waals surface area contributed by atoms with E-state index in [1.54, 1.807) is 78.9 Å². The van der Waals surface area contributed by atoms with Crippen LogP contribution in [0.4, 0.5) is 11.4 Å². The molecule has 0 spiro atoms. The third kappa shape index (κ3) is 10.1. The van der Waals surface area contributed by atoms with E-state index in [0.29, 0.717) is 57.9 Å². The molecule has 3 heterocycles. The van der Waals surface area contributed by atoms with Gasteiger partial charge in [-0.1, -0.05) is 35.3 Å². The number of hydrogen-bond donors (Lipinski definition) is 2. The third-order valence-corrected chi connectivity index (χ3v) is 12.6. The van der Waals surface area contributed by atoms with Crippen LogP contribution >= 0.6 is 23.2 Å². The first-order valence-corrected chi connectivity index (χ1v) is 21.8. The molecule has 2 N–H and O–H groups in total. The van der Waals surface area contributed by atoms with Crippen LogP contribution in [0.15, 0.2) is 120 Å². The Labute approximate surface area is 355 Å². The molecule has 16 nitrogen and oxygen atoms in total. The number of esters is 2. The molecular formula is C40H37Cl2N7O9S2. The number of ether oxygens (including phenoxy) is 3. The summed E-state index contributed by atoms with van der Waals surface area (Å²) in [5, 5.41) is 9.40. The summed E-state index contributed by atoms with van der Waals surface area (Å²) >= 11 is 11.9. The second kappa shape index (κ2) is 17.7. The minimum Gasteiger partial charge on any atom is -0.488 e. The lowest BCUT2D eigenvalue weighted by molar-refractivity contribution is -0.140. The van der Waals surface area contributed by atoms with E-state index >= 15 is 0 Å². The van der Waals surface area contributed by atoms with Gasteiger partial charge in [-0.15, -0.1) is 0 Å². The van der Waals surface area contributed by atoms with Crippen molar-refractivity contribution in [3.05, 3.63) is 136 Å². The van der Waals surface area contributed by atoms with Gasteiger partial charge in [-0.25, -0.2) is 26.2 Å². The Morgan fingerprint density at radius 3 is 1.63 bits per heavy atom. The normalized spacial score (nSPS) is 13.3. The van der Waals surface area contributed by atoms with Crippen LogP contribution in [-0.4, -0.2) is 86.6 Å². The van der Waals surface area contributed by atoms with Crippen molar-refractivity contribution in [2.75, 3.05) is 36.8 Å². The number of sulfonamides is 2. The number of carbonyl (C=O) groups excluding carboxylic acids is 2. The Kier molecular flexibility index (Phi) is 12.5. The van der Waals surface area contributed by atoms with Crippen molar-refractivity contribution in [3.8, 4) is 17.1 Å². The maximum atomic E-state index is 13.4. The van der Waals surface area contributed by atoms with Gasteiger partial charge in [-0.3, -0.25) is 23.9 Å². The van der Waals surface area contributed by atoms with E-state index in [2.05, 4.69) is 24.5 Å². The molecule has 0 unspecified atom stereocenters. The van der Waals surface area contributed by atoms with Gasteiger partial charge in [0.1, 0.15) is 21.6 Å². The molecule has 0 radical (unpaired) electrons. The molecule has 312 valence electrons. The van der Waals surface area contributed by atoms with Crippen molar-refractivity contribution in [2.45, 2.75) is 35.3 Å². The van der Waals surface area contributed by atoms with Gasteiger partial charge in [0.25, 0.3) is 20.0 Å². The molecule has 20 heteroatoms. The summed E-state index contributed by atoms with van der Waals surface area (Å²) in [6.45, 7) is 1.52. The molecule has 60 heavy (non-hydrogen) atoms. The predicted octanol–water partition coefficient (Wildman–Crippen LogP) is 5.66. The van der Waals surface area contributed by atoms with Crippen molar-refractivity contribution in [1.82, 2.24) is 24.5 Å². The van der Waals surface area contributed by atoms with E-state index in [-0.39, 0.29) is 40.1 Å². The molecule has 0 atom stereocenters. The van der Waals surface area contributed by atoms with Gasteiger partial charge in [-0.05, 0) is 89.5 Å². The van der Waals surface area contributed by atoms with Crippen molar-refractivity contribution in [1.29, 1.82) is 0 Å². The van der Waals surface area contributed by atoms with Crippen LogP contribution in [0, 0.1) is 0 Å². The van der Waals surface area contributed by atoms with Gasteiger partial charge in [0.15, 0.2) is 0 Å². The van der Waals surface area contributed by atoms with Crippen molar-refractivity contribution in [2.24, 2.45) is 0 Å². The SMILES string of the molecule is COC(=O)Cc1cc(CN2CC(Oc3ccc(NS(=O)(=O)c4cnn(-c5ccc(Cl)cc5)c4)c(CC(=O)OC)c3)C2)ccc1NS(=O)(=O)c1cnn(-c2ccc(Cl)cc2)c1. The highest BCUT2D eigenvalue weighted by Crippen LogP contribution is 2.30. The maximum Gasteiger partial charge on any atom is 0.310 e. The number of anilines is 2. The van der Waals surface area contributed by atoms with Crippen LogP contribution in [0.3, 0.4) is 0 Å². The molecule has 0 amide bonds. The Bertz CT molecular complexity index is 2570. The molecule has 0 saturated carbocycles. The number of halogens is 2. The lowest BCUT2D eigenvalue weighted by Crippen LogP contribution is -2.53. The van der Waals surface area contributed by atoms with Gasteiger partial charge < -0.3 is 14.2 Å².